The molecule has 0 aliphatic carbocycles. The number of rotatable bonds is 0. The van der Waals surface area contributed by atoms with Gasteiger partial charge in [-0.1, -0.05) is 53.7 Å². The van der Waals surface area contributed by atoms with E-state index in [9.17, 15) is 9.46 Å². The van der Waals surface area contributed by atoms with Crippen molar-refractivity contribution >= 4 is 7.82 Å². The predicted octanol–water partition coefficient (Wildman–Crippen LogP) is 2.73. The molecule has 29 heavy (non-hydrogen) atoms. The molecule has 6 heteroatoms. The minimum absolute atomic E-state index is 0. The molecule has 4 bridgehead atoms. The second-order valence-corrected chi connectivity index (χ2v) is 11.1. The molecule has 0 N–H and O–H groups in total. The van der Waals surface area contributed by atoms with E-state index in [1.165, 1.54) is 11.1 Å². The summed E-state index contributed by atoms with van der Waals surface area (Å²) in [6, 6.07) is 7.80. The molecule has 1 aliphatic heterocycles. The van der Waals surface area contributed by atoms with E-state index in [0.717, 1.165) is 22.3 Å². The van der Waals surface area contributed by atoms with Crippen LogP contribution in [0.4, 0.5) is 0 Å². The van der Waals surface area contributed by atoms with E-state index in [2.05, 4.69) is 41.5 Å². The van der Waals surface area contributed by atoms with Gasteiger partial charge in [0, 0.05) is 0 Å². The molecule has 3 rings (SSSR count). The number of hydrogen-bond donors (Lipinski definition) is 0. The van der Waals surface area contributed by atoms with Crippen LogP contribution in [0.1, 0.15) is 74.9 Å². The Balaban J connectivity index is 0.00000300. The summed E-state index contributed by atoms with van der Waals surface area (Å²) in [6.07, 6.45) is 0.690. The number of benzene rings is 2. The third-order valence-corrected chi connectivity index (χ3v) is 6.06. The Morgan fingerprint density at radius 1 is 0.793 bits per heavy atom. The first kappa shape index (κ1) is 24.1. The standard InChI is InChI=1S/C23H31O4P.Li/c1-14-9-18(22(3,4)5)16-11-17-13-21(15(2)10-19(17)23(6,7)8)27-28(24,25)26-20(14)12-16;/h9-10,12-13H,11H2,1-8H3,(H,24,25);/q;+1/p-1. The van der Waals surface area contributed by atoms with Gasteiger partial charge in [0.1, 0.15) is 11.5 Å². The molecular weight excluding hydrogens is 378 g/mol. The van der Waals surface area contributed by atoms with Gasteiger partial charge in [-0.15, -0.1) is 0 Å². The molecule has 1 heterocycles. The fourth-order valence-corrected chi connectivity index (χ4v) is 4.72. The molecule has 0 radical (unpaired) electrons. The van der Waals surface area contributed by atoms with Gasteiger partial charge in [-0.3, -0.25) is 0 Å². The largest absolute Gasteiger partial charge is 1.00 e. The van der Waals surface area contributed by atoms with Gasteiger partial charge in [0.05, 0.1) is 0 Å². The molecule has 1 aliphatic rings. The van der Waals surface area contributed by atoms with E-state index < -0.39 is 7.82 Å². The number of phosphoric ester groups is 1. The molecule has 2 aromatic carbocycles. The maximum atomic E-state index is 12.6. The van der Waals surface area contributed by atoms with Crippen molar-refractivity contribution < 1.29 is 37.4 Å². The van der Waals surface area contributed by atoms with Crippen molar-refractivity contribution in [3.05, 3.63) is 57.6 Å². The predicted molar refractivity (Wildman–Crippen MR) is 111 cm³/mol. The first-order valence-corrected chi connectivity index (χ1v) is 11.1. The zero-order valence-electron chi connectivity index (χ0n) is 19.1. The molecule has 0 fully saturated rings. The van der Waals surface area contributed by atoms with Crippen LogP contribution in [0.25, 0.3) is 0 Å². The Labute approximate surface area is 186 Å². The first-order chi connectivity index (χ1) is 12.7. The molecule has 0 saturated heterocycles. The van der Waals surface area contributed by atoms with Crippen LogP contribution in [-0.4, -0.2) is 0 Å². The monoisotopic (exact) mass is 408 g/mol. The van der Waals surface area contributed by atoms with Gasteiger partial charge >= 0.3 is 26.7 Å². The van der Waals surface area contributed by atoms with E-state index in [0.29, 0.717) is 17.9 Å². The van der Waals surface area contributed by atoms with Crippen LogP contribution >= 0.6 is 7.82 Å². The zero-order chi connectivity index (χ0) is 21.1. The van der Waals surface area contributed by atoms with Crippen LogP contribution in [0, 0.1) is 13.8 Å². The van der Waals surface area contributed by atoms with Crippen molar-refractivity contribution in [2.24, 2.45) is 0 Å². The Morgan fingerprint density at radius 2 is 1.14 bits per heavy atom. The number of hydrogen-bond acceptors (Lipinski definition) is 4. The zero-order valence-corrected chi connectivity index (χ0v) is 20.0. The maximum Gasteiger partial charge on any atom is 1.00 e. The van der Waals surface area contributed by atoms with Crippen molar-refractivity contribution in [3.8, 4) is 11.5 Å². The summed E-state index contributed by atoms with van der Waals surface area (Å²) in [5.74, 6) is 0.669. The fourth-order valence-electron chi connectivity index (χ4n) is 3.81. The Kier molecular flexibility index (Phi) is 6.50. The van der Waals surface area contributed by atoms with E-state index in [4.69, 9.17) is 9.05 Å². The fraction of sp³-hybridized carbons (Fsp3) is 0.478. The summed E-state index contributed by atoms with van der Waals surface area (Å²) in [5.41, 5.74) is 5.97. The van der Waals surface area contributed by atoms with Gasteiger partial charge in [0.15, 0.2) is 0 Å². The van der Waals surface area contributed by atoms with Gasteiger partial charge in [0.25, 0.3) is 0 Å². The summed E-state index contributed by atoms with van der Waals surface area (Å²) in [7, 11) is -4.54. The normalized spacial score (nSPS) is 15.6. The Morgan fingerprint density at radius 3 is 1.45 bits per heavy atom. The van der Waals surface area contributed by atoms with Gasteiger partial charge in [-0.25, -0.2) is 4.57 Å². The number of fused-ring (bicyclic) bond motifs is 4. The SMILES string of the molecule is Cc1cc(C(C)(C)C)c2cc1OP(=O)([O-])Oc1cc(c(C(C)(C)C)cc1C)C2.[Li+]. The van der Waals surface area contributed by atoms with Crippen LogP contribution in [0.3, 0.4) is 0 Å². The second-order valence-electron chi connectivity index (χ2n) is 9.86. The summed E-state index contributed by atoms with van der Waals surface area (Å²) in [5, 5.41) is 0. The maximum absolute atomic E-state index is 12.6. The summed E-state index contributed by atoms with van der Waals surface area (Å²) in [4.78, 5) is 12.6. The van der Waals surface area contributed by atoms with Crippen molar-refractivity contribution in [1.82, 2.24) is 0 Å². The smallest absolute Gasteiger partial charge is 0.736 e. The molecule has 0 unspecified atom stereocenters. The summed E-state index contributed by atoms with van der Waals surface area (Å²) in [6.45, 7) is 16.8. The summed E-state index contributed by atoms with van der Waals surface area (Å²) < 4.78 is 23.2. The first-order valence-electron chi connectivity index (χ1n) is 9.66. The average molecular weight is 408 g/mol. The van der Waals surface area contributed by atoms with Gasteiger partial charge in [-0.05, 0) is 76.6 Å². The number of aryl methyl sites for hydroxylation is 2. The van der Waals surface area contributed by atoms with Crippen LogP contribution in [0.2, 0.25) is 0 Å². The average Bonchev–Trinajstić information content (AvgIpc) is 2.50. The minimum atomic E-state index is -4.54. The minimum Gasteiger partial charge on any atom is -0.736 e. The van der Waals surface area contributed by atoms with Crippen LogP contribution in [0.5, 0.6) is 11.5 Å². The van der Waals surface area contributed by atoms with Crippen LogP contribution < -0.4 is 32.8 Å². The third kappa shape index (κ3) is 5.12. The van der Waals surface area contributed by atoms with Gasteiger partial charge < -0.3 is 13.9 Å². The quantitative estimate of drug-likeness (QED) is 0.497. The summed E-state index contributed by atoms with van der Waals surface area (Å²) >= 11 is 0. The molecule has 152 valence electrons. The molecule has 0 saturated carbocycles. The van der Waals surface area contributed by atoms with Gasteiger partial charge in [-0.2, -0.15) is 0 Å². The molecule has 0 amide bonds. The van der Waals surface area contributed by atoms with Crippen molar-refractivity contribution in [3.63, 3.8) is 0 Å². The number of phosphoric acid groups is 1. The molecule has 0 spiro atoms. The van der Waals surface area contributed by atoms with Crippen LogP contribution in [0.15, 0.2) is 24.3 Å². The van der Waals surface area contributed by atoms with E-state index in [1.54, 1.807) is 0 Å². The molecule has 0 aromatic heterocycles. The molecule has 4 nitrogen and oxygen atoms in total. The molecule has 0 atom stereocenters. The molecular formula is C23H30LiO4P. The van der Waals surface area contributed by atoms with E-state index >= 15 is 0 Å². The van der Waals surface area contributed by atoms with Crippen LogP contribution in [-0.2, 0) is 21.8 Å². The van der Waals surface area contributed by atoms with Crippen molar-refractivity contribution in [2.75, 3.05) is 0 Å². The van der Waals surface area contributed by atoms with Crippen molar-refractivity contribution in [1.29, 1.82) is 0 Å². The van der Waals surface area contributed by atoms with Gasteiger partial charge in [0.2, 0.25) is 0 Å². The Bertz CT molecular complexity index is 908. The van der Waals surface area contributed by atoms with E-state index in [-0.39, 0.29) is 29.7 Å². The Hall–Kier alpha value is -1.17. The van der Waals surface area contributed by atoms with E-state index in [1.807, 2.05) is 38.1 Å². The molecule has 2 aromatic rings. The topological polar surface area (TPSA) is 58.6 Å². The van der Waals surface area contributed by atoms with Crippen molar-refractivity contribution in [2.45, 2.75) is 72.6 Å². The third-order valence-electron chi connectivity index (χ3n) is 5.22. The second kappa shape index (κ2) is 7.82.